The molecule has 0 aliphatic rings. The molecule has 0 radical (unpaired) electrons. The van der Waals surface area contributed by atoms with Gasteiger partial charge in [-0.1, -0.05) is 11.6 Å². The third-order valence-corrected chi connectivity index (χ3v) is 2.54. The lowest BCUT2D eigenvalue weighted by Gasteiger charge is -2.05. The van der Waals surface area contributed by atoms with Crippen molar-refractivity contribution in [1.82, 2.24) is 0 Å². The van der Waals surface area contributed by atoms with Crippen LogP contribution in [0.2, 0.25) is 5.02 Å². The fourth-order valence-corrected chi connectivity index (χ4v) is 1.54. The molecule has 1 amide bonds. The summed E-state index contributed by atoms with van der Waals surface area (Å²) in [6, 6.07) is 3.91. The summed E-state index contributed by atoms with van der Waals surface area (Å²) < 4.78 is 12.9. The summed E-state index contributed by atoms with van der Waals surface area (Å²) in [5, 5.41) is 10.9. The van der Waals surface area contributed by atoms with E-state index in [1.807, 2.05) is 0 Å². The zero-order chi connectivity index (χ0) is 13.5. The molecule has 0 aliphatic carbocycles. The molecular formula is C12H13ClFNO3. The SMILES string of the molecule is O=C(O)CCCCC(=O)Nc1ccc(F)c(Cl)c1. The number of aliphatic carboxylic acids is 1. The Morgan fingerprint density at radius 3 is 2.56 bits per heavy atom. The molecule has 0 aromatic heterocycles. The first kappa shape index (κ1) is 14.4. The van der Waals surface area contributed by atoms with Crippen LogP contribution in [0, 0.1) is 5.82 Å². The molecule has 0 saturated carbocycles. The monoisotopic (exact) mass is 273 g/mol. The molecule has 0 saturated heterocycles. The highest BCUT2D eigenvalue weighted by Gasteiger charge is 2.05. The van der Waals surface area contributed by atoms with E-state index in [0.717, 1.165) is 0 Å². The largest absolute Gasteiger partial charge is 0.481 e. The highest BCUT2D eigenvalue weighted by Crippen LogP contribution is 2.19. The Morgan fingerprint density at radius 1 is 1.28 bits per heavy atom. The van der Waals surface area contributed by atoms with E-state index < -0.39 is 11.8 Å². The van der Waals surface area contributed by atoms with Crippen molar-refractivity contribution in [2.24, 2.45) is 0 Å². The average Bonchev–Trinajstić information content (AvgIpc) is 2.29. The van der Waals surface area contributed by atoms with Crippen molar-refractivity contribution >= 4 is 29.2 Å². The van der Waals surface area contributed by atoms with Crippen LogP contribution in [0.25, 0.3) is 0 Å². The van der Waals surface area contributed by atoms with Crippen molar-refractivity contribution in [2.75, 3.05) is 5.32 Å². The van der Waals surface area contributed by atoms with Crippen molar-refractivity contribution in [2.45, 2.75) is 25.7 Å². The lowest BCUT2D eigenvalue weighted by molar-refractivity contribution is -0.137. The van der Waals surface area contributed by atoms with Gasteiger partial charge < -0.3 is 10.4 Å². The number of hydrogen-bond acceptors (Lipinski definition) is 2. The molecular weight excluding hydrogens is 261 g/mol. The molecule has 2 N–H and O–H groups in total. The van der Waals surface area contributed by atoms with E-state index in [9.17, 15) is 14.0 Å². The van der Waals surface area contributed by atoms with Crippen LogP contribution in [-0.2, 0) is 9.59 Å². The molecule has 0 fully saturated rings. The van der Waals surface area contributed by atoms with Crippen LogP contribution in [0.15, 0.2) is 18.2 Å². The van der Waals surface area contributed by atoms with Gasteiger partial charge in [0.15, 0.2) is 0 Å². The van der Waals surface area contributed by atoms with Crippen LogP contribution in [0.3, 0.4) is 0 Å². The zero-order valence-corrected chi connectivity index (χ0v) is 10.3. The second-order valence-corrected chi connectivity index (χ2v) is 4.19. The summed E-state index contributed by atoms with van der Waals surface area (Å²) in [7, 11) is 0. The second-order valence-electron chi connectivity index (χ2n) is 3.78. The number of carbonyl (C=O) groups excluding carboxylic acids is 1. The minimum absolute atomic E-state index is 0.0512. The molecule has 1 aromatic carbocycles. The first-order valence-electron chi connectivity index (χ1n) is 5.45. The van der Waals surface area contributed by atoms with Crippen LogP contribution >= 0.6 is 11.6 Å². The number of benzene rings is 1. The zero-order valence-electron chi connectivity index (χ0n) is 9.58. The van der Waals surface area contributed by atoms with E-state index in [2.05, 4.69) is 5.32 Å². The third kappa shape index (κ3) is 5.14. The number of nitrogens with one attached hydrogen (secondary N) is 1. The van der Waals surface area contributed by atoms with E-state index in [-0.39, 0.29) is 23.8 Å². The van der Waals surface area contributed by atoms with Gasteiger partial charge in [-0.05, 0) is 31.0 Å². The predicted octanol–water partition coefficient (Wildman–Crippen LogP) is 3.06. The van der Waals surface area contributed by atoms with E-state index in [4.69, 9.17) is 16.7 Å². The maximum absolute atomic E-state index is 12.9. The molecule has 0 aliphatic heterocycles. The van der Waals surface area contributed by atoms with Crippen LogP contribution in [0.1, 0.15) is 25.7 Å². The summed E-state index contributed by atoms with van der Waals surface area (Å²) in [6.07, 6.45) is 1.22. The van der Waals surface area contributed by atoms with Gasteiger partial charge in [-0.25, -0.2) is 4.39 Å². The van der Waals surface area contributed by atoms with Gasteiger partial charge in [-0.15, -0.1) is 0 Å². The van der Waals surface area contributed by atoms with Gasteiger partial charge >= 0.3 is 5.97 Å². The number of halogens is 2. The average molecular weight is 274 g/mol. The smallest absolute Gasteiger partial charge is 0.303 e. The van der Waals surface area contributed by atoms with Crippen LogP contribution < -0.4 is 5.32 Å². The summed E-state index contributed by atoms with van der Waals surface area (Å²) in [5.41, 5.74) is 0.421. The minimum atomic E-state index is -0.874. The van der Waals surface area contributed by atoms with Gasteiger partial charge in [0.2, 0.25) is 5.91 Å². The molecule has 1 rings (SSSR count). The Labute approximate surface area is 109 Å². The first-order chi connectivity index (χ1) is 8.49. The van der Waals surface area contributed by atoms with Gasteiger partial charge in [0.1, 0.15) is 5.82 Å². The number of carboxylic acids is 1. The van der Waals surface area contributed by atoms with Crippen molar-refractivity contribution in [1.29, 1.82) is 0 Å². The summed E-state index contributed by atoms with van der Waals surface area (Å²) in [5.74, 6) is -1.67. The molecule has 0 atom stereocenters. The fraction of sp³-hybridized carbons (Fsp3) is 0.333. The number of rotatable bonds is 6. The van der Waals surface area contributed by atoms with Gasteiger partial charge in [-0.2, -0.15) is 0 Å². The van der Waals surface area contributed by atoms with E-state index in [1.54, 1.807) is 0 Å². The number of amides is 1. The lowest BCUT2D eigenvalue weighted by Crippen LogP contribution is -2.11. The maximum Gasteiger partial charge on any atom is 0.303 e. The Kier molecular flexibility index (Phi) is 5.58. The summed E-state index contributed by atoms with van der Waals surface area (Å²) in [6.45, 7) is 0. The van der Waals surface area contributed by atoms with E-state index in [0.29, 0.717) is 18.5 Å². The van der Waals surface area contributed by atoms with Gasteiger partial charge in [0.05, 0.1) is 5.02 Å². The third-order valence-electron chi connectivity index (χ3n) is 2.25. The minimum Gasteiger partial charge on any atom is -0.481 e. The molecule has 4 nitrogen and oxygen atoms in total. The van der Waals surface area contributed by atoms with E-state index >= 15 is 0 Å². The molecule has 0 unspecified atom stereocenters. The topological polar surface area (TPSA) is 66.4 Å². The van der Waals surface area contributed by atoms with Gasteiger partial charge in [-0.3, -0.25) is 9.59 Å². The second kappa shape index (κ2) is 6.96. The molecule has 18 heavy (non-hydrogen) atoms. The Morgan fingerprint density at radius 2 is 1.94 bits per heavy atom. The summed E-state index contributed by atoms with van der Waals surface area (Å²) >= 11 is 5.57. The van der Waals surface area contributed by atoms with Gasteiger partial charge in [0.25, 0.3) is 0 Å². The van der Waals surface area contributed by atoms with Crippen molar-refractivity contribution < 1.29 is 19.1 Å². The highest BCUT2D eigenvalue weighted by atomic mass is 35.5. The molecule has 1 aromatic rings. The number of hydrogen-bond donors (Lipinski definition) is 2. The lowest BCUT2D eigenvalue weighted by atomic mass is 10.2. The van der Waals surface area contributed by atoms with Crippen molar-refractivity contribution in [3.63, 3.8) is 0 Å². The van der Waals surface area contributed by atoms with Crippen molar-refractivity contribution in [3.05, 3.63) is 29.0 Å². The fourth-order valence-electron chi connectivity index (χ4n) is 1.36. The number of carboxylic acid groups (broad SMARTS) is 1. The first-order valence-corrected chi connectivity index (χ1v) is 5.83. The summed E-state index contributed by atoms with van der Waals surface area (Å²) in [4.78, 5) is 21.7. The van der Waals surface area contributed by atoms with Crippen LogP contribution in [0.5, 0.6) is 0 Å². The molecule has 6 heteroatoms. The highest BCUT2D eigenvalue weighted by molar-refractivity contribution is 6.31. The Balaban J connectivity index is 2.35. The molecule has 0 heterocycles. The Hall–Kier alpha value is -1.62. The number of carbonyl (C=O) groups is 2. The molecule has 0 bridgehead atoms. The quantitative estimate of drug-likeness (QED) is 0.783. The van der Waals surface area contributed by atoms with E-state index in [1.165, 1.54) is 18.2 Å². The van der Waals surface area contributed by atoms with Crippen molar-refractivity contribution in [3.8, 4) is 0 Å². The molecule has 0 spiro atoms. The number of anilines is 1. The number of unbranched alkanes of at least 4 members (excludes halogenated alkanes) is 1. The Bertz CT molecular complexity index is 451. The van der Waals surface area contributed by atoms with Gasteiger partial charge in [0, 0.05) is 18.5 Å². The van der Waals surface area contributed by atoms with Crippen LogP contribution in [0.4, 0.5) is 10.1 Å². The van der Waals surface area contributed by atoms with Crippen LogP contribution in [-0.4, -0.2) is 17.0 Å². The standard InChI is InChI=1S/C12H13ClFNO3/c13-9-7-8(5-6-10(9)14)15-11(16)3-1-2-4-12(17)18/h5-7H,1-4H2,(H,15,16)(H,17,18). The predicted molar refractivity (Wildman–Crippen MR) is 66.1 cm³/mol. The maximum atomic E-state index is 12.9. The molecule has 98 valence electrons. The normalized spacial score (nSPS) is 10.1.